The summed E-state index contributed by atoms with van der Waals surface area (Å²) in [6.45, 7) is 11.7. The maximum absolute atomic E-state index is 5.61. The largest absolute Gasteiger partial charge is 0.444 e. The Morgan fingerprint density at radius 2 is 1.96 bits per heavy atom. The van der Waals surface area contributed by atoms with Crippen molar-refractivity contribution in [2.75, 3.05) is 26.7 Å². The Labute approximate surface area is 163 Å². The zero-order valence-corrected chi connectivity index (χ0v) is 17.2. The van der Waals surface area contributed by atoms with E-state index in [4.69, 9.17) is 4.42 Å². The zero-order valence-electron chi connectivity index (χ0n) is 17.2. The number of likely N-dealkylation sites (N-methyl/N-ethyl adjacent to an activating group) is 1. The van der Waals surface area contributed by atoms with Crippen LogP contribution in [0.4, 0.5) is 0 Å². The van der Waals surface area contributed by atoms with Gasteiger partial charge in [0.1, 0.15) is 12.0 Å². The molecule has 27 heavy (non-hydrogen) atoms. The summed E-state index contributed by atoms with van der Waals surface area (Å²) in [7, 11) is 2.15. The van der Waals surface area contributed by atoms with Crippen LogP contribution in [0, 0.1) is 6.92 Å². The van der Waals surface area contributed by atoms with Gasteiger partial charge in [-0.15, -0.1) is 0 Å². The molecule has 0 bridgehead atoms. The highest BCUT2D eigenvalue weighted by atomic mass is 16.3. The van der Waals surface area contributed by atoms with E-state index in [0.29, 0.717) is 18.5 Å². The Balaban J connectivity index is 1.91. The lowest BCUT2D eigenvalue weighted by Gasteiger charge is -2.23. The molecule has 0 saturated heterocycles. The number of nitrogens with zero attached hydrogens (tertiary/aromatic N) is 3. The number of aryl methyl sites for hydroxylation is 1. The van der Waals surface area contributed by atoms with Crippen LogP contribution in [0.1, 0.15) is 38.4 Å². The molecule has 1 aromatic carbocycles. The third kappa shape index (κ3) is 6.71. The molecule has 1 unspecified atom stereocenters. The van der Waals surface area contributed by atoms with Gasteiger partial charge in [-0.2, -0.15) is 0 Å². The highest BCUT2D eigenvalue weighted by Gasteiger charge is 2.08. The van der Waals surface area contributed by atoms with Crippen LogP contribution in [0.3, 0.4) is 0 Å². The van der Waals surface area contributed by atoms with Crippen molar-refractivity contribution < 1.29 is 4.42 Å². The van der Waals surface area contributed by atoms with Gasteiger partial charge in [0.25, 0.3) is 0 Å². The topological polar surface area (TPSA) is 65.7 Å². The fourth-order valence-corrected chi connectivity index (χ4v) is 2.59. The second-order valence-corrected chi connectivity index (χ2v) is 6.87. The van der Waals surface area contributed by atoms with Crippen molar-refractivity contribution in [1.29, 1.82) is 0 Å². The molecule has 6 nitrogen and oxygen atoms in total. The van der Waals surface area contributed by atoms with E-state index in [1.165, 1.54) is 5.56 Å². The molecule has 0 spiro atoms. The molecule has 148 valence electrons. The lowest BCUT2D eigenvalue weighted by molar-refractivity contribution is 0.255. The van der Waals surface area contributed by atoms with Gasteiger partial charge in [-0.3, -0.25) is 0 Å². The first-order chi connectivity index (χ1) is 13.0. The van der Waals surface area contributed by atoms with E-state index in [-0.39, 0.29) is 0 Å². The van der Waals surface area contributed by atoms with Gasteiger partial charge in [0.2, 0.25) is 5.89 Å². The van der Waals surface area contributed by atoms with Crippen LogP contribution < -0.4 is 10.6 Å². The van der Waals surface area contributed by atoms with Crippen LogP contribution in [0.25, 0.3) is 11.5 Å². The molecule has 0 aliphatic heterocycles. The van der Waals surface area contributed by atoms with E-state index >= 15 is 0 Å². The molecule has 0 fully saturated rings. The molecule has 0 radical (unpaired) electrons. The summed E-state index contributed by atoms with van der Waals surface area (Å²) in [5, 5.41) is 6.66. The normalized spacial score (nSPS) is 13.0. The third-order valence-electron chi connectivity index (χ3n) is 4.69. The molecular formula is C21H33N5O. The van der Waals surface area contributed by atoms with Crippen LogP contribution in [0.2, 0.25) is 0 Å². The lowest BCUT2D eigenvalue weighted by atomic mass is 10.1. The van der Waals surface area contributed by atoms with Gasteiger partial charge < -0.3 is 20.0 Å². The molecular weight excluding hydrogens is 338 g/mol. The SMILES string of the molecule is CCNC(=NCc1coc(-c2ccc(C)cc2)n1)NCCN(C)C(C)CC. The predicted molar refractivity (Wildman–Crippen MR) is 112 cm³/mol. The van der Waals surface area contributed by atoms with Gasteiger partial charge in [0, 0.05) is 31.2 Å². The lowest BCUT2D eigenvalue weighted by Crippen LogP contribution is -2.42. The van der Waals surface area contributed by atoms with Crippen molar-refractivity contribution in [2.45, 2.75) is 46.7 Å². The van der Waals surface area contributed by atoms with E-state index in [9.17, 15) is 0 Å². The number of oxazole rings is 1. The van der Waals surface area contributed by atoms with E-state index in [2.05, 4.69) is 72.4 Å². The summed E-state index contributed by atoms with van der Waals surface area (Å²) in [6, 6.07) is 8.74. The van der Waals surface area contributed by atoms with Crippen LogP contribution in [-0.4, -0.2) is 48.6 Å². The Kier molecular flexibility index (Phi) is 8.33. The Morgan fingerprint density at radius 3 is 2.63 bits per heavy atom. The maximum atomic E-state index is 5.61. The van der Waals surface area contributed by atoms with Gasteiger partial charge in [-0.25, -0.2) is 9.98 Å². The van der Waals surface area contributed by atoms with Crippen molar-refractivity contribution in [3.63, 3.8) is 0 Å². The molecule has 1 aromatic heterocycles. The van der Waals surface area contributed by atoms with E-state index in [0.717, 1.165) is 43.3 Å². The van der Waals surface area contributed by atoms with E-state index in [1.54, 1.807) is 6.26 Å². The van der Waals surface area contributed by atoms with Crippen LogP contribution >= 0.6 is 0 Å². The standard InChI is InChI=1S/C21H33N5O/c1-6-17(4)26(5)13-12-23-21(22-7-2)24-14-19-15-27-20(25-19)18-10-8-16(3)9-11-18/h8-11,15,17H,6-7,12-14H2,1-5H3,(H2,22,23,24). The monoisotopic (exact) mass is 371 g/mol. The van der Waals surface area contributed by atoms with E-state index < -0.39 is 0 Å². The van der Waals surface area contributed by atoms with Crippen LogP contribution in [0.15, 0.2) is 39.9 Å². The molecule has 6 heteroatoms. The second-order valence-electron chi connectivity index (χ2n) is 6.87. The first-order valence-corrected chi connectivity index (χ1v) is 9.77. The minimum absolute atomic E-state index is 0.478. The molecule has 1 atom stereocenters. The maximum Gasteiger partial charge on any atom is 0.226 e. The summed E-state index contributed by atoms with van der Waals surface area (Å²) in [6.07, 6.45) is 2.83. The van der Waals surface area contributed by atoms with E-state index in [1.807, 2.05) is 12.1 Å². The zero-order chi connectivity index (χ0) is 19.6. The second kappa shape index (κ2) is 10.7. The van der Waals surface area contributed by atoms with Gasteiger partial charge >= 0.3 is 0 Å². The number of rotatable bonds is 9. The minimum Gasteiger partial charge on any atom is -0.444 e. The summed E-state index contributed by atoms with van der Waals surface area (Å²) in [5.41, 5.74) is 3.02. The summed E-state index contributed by atoms with van der Waals surface area (Å²) in [5.74, 6) is 1.43. The molecule has 2 rings (SSSR count). The number of aromatic nitrogens is 1. The average molecular weight is 372 g/mol. The van der Waals surface area contributed by atoms with Crippen molar-refractivity contribution >= 4 is 5.96 Å². The summed E-state index contributed by atoms with van der Waals surface area (Å²) >= 11 is 0. The highest BCUT2D eigenvalue weighted by molar-refractivity contribution is 5.79. The average Bonchev–Trinajstić information content (AvgIpc) is 3.14. The van der Waals surface area contributed by atoms with Crippen molar-refractivity contribution in [3.05, 3.63) is 41.8 Å². The molecule has 0 aliphatic rings. The molecule has 0 saturated carbocycles. The molecule has 2 N–H and O–H groups in total. The number of aliphatic imine (C=N–C) groups is 1. The smallest absolute Gasteiger partial charge is 0.226 e. The Hall–Kier alpha value is -2.34. The Bertz CT molecular complexity index is 708. The van der Waals surface area contributed by atoms with Gasteiger partial charge in [-0.1, -0.05) is 24.6 Å². The van der Waals surface area contributed by atoms with Crippen molar-refractivity contribution in [1.82, 2.24) is 20.5 Å². The number of hydrogen-bond donors (Lipinski definition) is 2. The quantitative estimate of drug-likeness (QED) is 0.522. The van der Waals surface area contributed by atoms with Gasteiger partial charge in [-0.05, 0) is 46.4 Å². The summed E-state index contributed by atoms with van der Waals surface area (Å²) in [4.78, 5) is 11.5. The summed E-state index contributed by atoms with van der Waals surface area (Å²) < 4.78 is 5.61. The first-order valence-electron chi connectivity index (χ1n) is 9.77. The third-order valence-corrected chi connectivity index (χ3v) is 4.69. The van der Waals surface area contributed by atoms with Gasteiger partial charge in [0.15, 0.2) is 5.96 Å². The predicted octanol–water partition coefficient (Wildman–Crippen LogP) is 3.44. The minimum atomic E-state index is 0.478. The Morgan fingerprint density at radius 1 is 1.22 bits per heavy atom. The fraction of sp³-hybridized carbons (Fsp3) is 0.524. The van der Waals surface area contributed by atoms with Crippen molar-refractivity contribution in [3.8, 4) is 11.5 Å². The highest BCUT2D eigenvalue weighted by Crippen LogP contribution is 2.19. The van der Waals surface area contributed by atoms with Gasteiger partial charge in [0.05, 0.1) is 6.54 Å². The fourth-order valence-electron chi connectivity index (χ4n) is 2.59. The molecule has 2 aromatic rings. The molecule has 0 amide bonds. The van der Waals surface area contributed by atoms with Crippen LogP contribution in [-0.2, 0) is 6.54 Å². The van der Waals surface area contributed by atoms with Crippen LogP contribution in [0.5, 0.6) is 0 Å². The number of nitrogens with one attached hydrogen (secondary N) is 2. The number of hydrogen-bond acceptors (Lipinski definition) is 4. The van der Waals surface area contributed by atoms with Crippen molar-refractivity contribution in [2.24, 2.45) is 4.99 Å². The number of guanidine groups is 1. The molecule has 1 heterocycles. The molecule has 0 aliphatic carbocycles. The number of benzene rings is 1. The first kappa shape index (κ1) is 21.0.